The van der Waals surface area contributed by atoms with Gasteiger partial charge in [0.15, 0.2) is 5.13 Å². The van der Waals surface area contributed by atoms with E-state index in [2.05, 4.69) is 16.8 Å². The molecule has 1 rings (SSSR count). The lowest BCUT2D eigenvalue weighted by atomic mass is 10.3. The summed E-state index contributed by atoms with van der Waals surface area (Å²) in [6, 6.07) is 0.0103. The van der Waals surface area contributed by atoms with Gasteiger partial charge in [-0.05, 0) is 13.8 Å². The summed E-state index contributed by atoms with van der Waals surface area (Å²) in [4.78, 5) is 6.69. The Balaban J connectivity index is 2.65. The first-order chi connectivity index (χ1) is 7.19. The third-order valence-electron chi connectivity index (χ3n) is 2.19. The minimum Gasteiger partial charge on any atom is -0.383 e. The van der Waals surface area contributed by atoms with Gasteiger partial charge in [0.2, 0.25) is 0 Å². The van der Waals surface area contributed by atoms with E-state index in [0.29, 0.717) is 0 Å². The van der Waals surface area contributed by atoms with Crippen molar-refractivity contribution in [3.63, 3.8) is 0 Å². The first-order valence-corrected chi connectivity index (χ1v) is 6.01. The highest BCUT2D eigenvalue weighted by molar-refractivity contribution is 7.13. The van der Waals surface area contributed by atoms with Gasteiger partial charge < -0.3 is 15.4 Å². The van der Waals surface area contributed by atoms with Crippen LogP contribution in [0.4, 0.5) is 5.13 Å². The quantitative estimate of drug-likeness (QED) is 0.805. The van der Waals surface area contributed by atoms with Gasteiger partial charge in [0, 0.05) is 31.6 Å². The summed E-state index contributed by atoms with van der Waals surface area (Å²) in [5.74, 6) is 0. The van der Waals surface area contributed by atoms with Crippen molar-refractivity contribution in [3.05, 3.63) is 11.1 Å². The molecule has 0 amide bonds. The molecule has 0 fully saturated rings. The van der Waals surface area contributed by atoms with Crippen molar-refractivity contribution in [2.24, 2.45) is 5.73 Å². The van der Waals surface area contributed by atoms with Crippen LogP contribution in [0.25, 0.3) is 0 Å². The average molecular weight is 229 g/mol. The van der Waals surface area contributed by atoms with E-state index in [1.165, 1.54) is 0 Å². The molecule has 5 heteroatoms. The van der Waals surface area contributed by atoms with E-state index in [9.17, 15) is 0 Å². The number of hydrogen-bond acceptors (Lipinski definition) is 5. The van der Waals surface area contributed by atoms with Crippen molar-refractivity contribution in [2.75, 3.05) is 31.7 Å². The fourth-order valence-electron chi connectivity index (χ4n) is 1.22. The number of nitrogens with two attached hydrogens (primary N) is 1. The molecule has 1 aromatic heterocycles. The molecule has 4 nitrogen and oxygen atoms in total. The Labute approximate surface area is 95.1 Å². The molecule has 2 N–H and O–H groups in total. The van der Waals surface area contributed by atoms with E-state index in [-0.39, 0.29) is 6.04 Å². The van der Waals surface area contributed by atoms with E-state index in [0.717, 1.165) is 30.5 Å². The molecule has 0 spiro atoms. The zero-order valence-corrected chi connectivity index (χ0v) is 10.4. The molecule has 1 heterocycles. The van der Waals surface area contributed by atoms with Gasteiger partial charge in [-0.25, -0.2) is 4.98 Å². The summed E-state index contributed by atoms with van der Waals surface area (Å²) in [5, 5.41) is 3.05. The van der Waals surface area contributed by atoms with Crippen LogP contribution in [-0.4, -0.2) is 31.8 Å². The molecule has 0 saturated heterocycles. The second kappa shape index (κ2) is 6.05. The van der Waals surface area contributed by atoms with Crippen molar-refractivity contribution >= 4 is 16.5 Å². The highest BCUT2D eigenvalue weighted by Gasteiger charge is 2.10. The lowest BCUT2D eigenvalue weighted by Gasteiger charge is -2.18. The molecule has 0 aliphatic heterocycles. The van der Waals surface area contributed by atoms with E-state index in [4.69, 9.17) is 10.5 Å². The van der Waals surface area contributed by atoms with Crippen LogP contribution in [0.1, 0.15) is 25.6 Å². The molecule has 0 bridgehead atoms. The van der Waals surface area contributed by atoms with Crippen LogP contribution in [-0.2, 0) is 4.74 Å². The number of thiazole rings is 1. The largest absolute Gasteiger partial charge is 0.383 e. The van der Waals surface area contributed by atoms with Gasteiger partial charge in [-0.2, -0.15) is 0 Å². The summed E-state index contributed by atoms with van der Waals surface area (Å²) in [6.45, 7) is 6.60. The SMILES string of the molecule is CCN(CCOC)c1nc(C(C)N)cs1. The molecular formula is C10H19N3OS. The van der Waals surface area contributed by atoms with Gasteiger partial charge in [0.1, 0.15) is 0 Å². The van der Waals surface area contributed by atoms with Gasteiger partial charge in [-0.15, -0.1) is 11.3 Å². The Kier molecular flexibility index (Phi) is 5.01. The zero-order chi connectivity index (χ0) is 11.3. The summed E-state index contributed by atoms with van der Waals surface area (Å²) >= 11 is 1.64. The van der Waals surface area contributed by atoms with Crippen molar-refractivity contribution in [1.82, 2.24) is 4.98 Å². The fraction of sp³-hybridized carbons (Fsp3) is 0.700. The lowest BCUT2D eigenvalue weighted by molar-refractivity contribution is 0.205. The Bertz CT molecular complexity index is 288. The number of methoxy groups -OCH3 is 1. The highest BCUT2D eigenvalue weighted by atomic mass is 32.1. The van der Waals surface area contributed by atoms with E-state index < -0.39 is 0 Å². The van der Waals surface area contributed by atoms with Crippen molar-refractivity contribution in [2.45, 2.75) is 19.9 Å². The highest BCUT2D eigenvalue weighted by Crippen LogP contribution is 2.22. The van der Waals surface area contributed by atoms with Crippen LogP contribution in [0.5, 0.6) is 0 Å². The standard InChI is InChI=1S/C10H19N3OS/c1-4-13(5-6-14-3)10-12-9(7-15-10)8(2)11/h7-8H,4-6,11H2,1-3H3. The molecule has 15 heavy (non-hydrogen) atoms. The normalized spacial score (nSPS) is 12.8. The molecule has 0 saturated carbocycles. The van der Waals surface area contributed by atoms with E-state index in [1.807, 2.05) is 12.3 Å². The Morgan fingerprint density at radius 2 is 2.40 bits per heavy atom. The number of nitrogens with zero attached hydrogens (tertiary/aromatic N) is 2. The minimum absolute atomic E-state index is 0.0103. The Hall–Kier alpha value is -0.650. The Morgan fingerprint density at radius 3 is 2.87 bits per heavy atom. The van der Waals surface area contributed by atoms with Gasteiger partial charge >= 0.3 is 0 Å². The van der Waals surface area contributed by atoms with Crippen molar-refractivity contribution in [1.29, 1.82) is 0 Å². The van der Waals surface area contributed by atoms with Crippen LogP contribution in [0, 0.1) is 0 Å². The summed E-state index contributed by atoms with van der Waals surface area (Å²) in [6.07, 6.45) is 0. The van der Waals surface area contributed by atoms with Gasteiger partial charge in [0.25, 0.3) is 0 Å². The third kappa shape index (κ3) is 3.44. The number of aromatic nitrogens is 1. The predicted octanol–water partition coefficient (Wildman–Crippen LogP) is 1.64. The summed E-state index contributed by atoms with van der Waals surface area (Å²) in [5.41, 5.74) is 6.73. The number of hydrogen-bond donors (Lipinski definition) is 1. The van der Waals surface area contributed by atoms with Gasteiger partial charge in [-0.1, -0.05) is 0 Å². The number of ether oxygens (including phenoxy) is 1. The number of anilines is 1. The maximum absolute atomic E-state index is 5.77. The monoisotopic (exact) mass is 229 g/mol. The van der Waals surface area contributed by atoms with E-state index >= 15 is 0 Å². The maximum atomic E-state index is 5.77. The first kappa shape index (κ1) is 12.4. The summed E-state index contributed by atoms with van der Waals surface area (Å²) in [7, 11) is 1.71. The molecule has 0 aliphatic rings. The van der Waals surface area contributed by atoms with Crippen molar-refractivity contribution in [3.8, 4) is 0 Å². The van der Waals surface area contributed by atoms with Crippen LogP contribution < -0.4 is 10.6 Å². The summed E-state index contributed by atoms with van der Waals surface area (Å²) < 4.78 is 5.06. The molecule has 0 aromatic carbocycles. The fourth-order valence-corrected chi connectivity index (χ4v) is 2.24. The minimum atomic E-state index is 0.0103. The molecular weight excluding hydrogens is 210 g/mol. The number of rotatable bonds is 6. The molecule has 86 valence electrons. The van der Waals surface area contributed by atoms with E-state index in [1.54, 1.807) is 18.4 Å². The smallest absolute Gasteiger partial charge is 0.185 e. The predicted molar refractivity (Wildman–Crippen MR) is 64.5 cm³/mol. The van der Waals surface area contributed by atoms with Crippen LogP contribution in [0.15, 0.2) is 5.38 Å². The van der Waals surface area contributed by atoms with Crippen LogP contribution in [0.3, 0.4) is 0 Å². The number of likely N-dealkylation sites (N-methyl/N-ethyl adjacent to an activating group) is 1. The lowest BCUT2D eigenvalue weighted by Crippen LogP contribution is -2.26. The van der Waals surface area contributed by atoms with Gasteiger partial charge in [-0.3, -0.25) is 0 Å². The maximum Gasteiger partial charge on any atom is 0.185 e. The average Bonchev–Trinajstić information content (AvgIpc) is 2.68. The van der Waals surface area contributed by atoms with Gasteiger partial charge in [0.05, 0.1) is 12.3 Å². The molecule has 0 aliphatic carbocycles. The molecule has 1 unspecified atom stereocenters. The van der Waals surface area contributed by atoms with Crippen LogP contribution in [0.2, 0.25) is 0 Å². The second-order valence-electron chi connectivity index (χ2n) is 3.42. The van der Waals surface area contributed by atoms with Crippen molar-refractivity contribution < 1.29 is 4.74 Å². The topological polar surface area (TPSA) is 51.4 Å². The zero-order valence-electron chi connectivity index (χ0n) is 9.56. The molecule has 1 atom stereocenters. The molecule has 1 aromatic rings. The van der Waals surface area contributed by atoms with Crippen LogP contribution >= 0.6 is 11.3 Å². The first-order valence-electron chi connectivity index (χ1n) is 5.14. The Morgan fingerprint density at radius 1 is 1.67 bits per heavy atom. The molecule has 0 radical (unpaired) electrons. The third-order valence-corrected chi connectivity index (χ3v) is 3.11. The second-order valence-corrected chi connectivity index (χ2v) is 4.25.